The first-order chi connectivity index (χ1) is 14.7. The highest BCUT2D eigenvalue weighted by Gasteiger charge is 2.36. The molecule has 1 aliphatic rings. The number of aliphatic imine (C=N–C) groups is 1. The Morgan fingerprint density at radius 2 is 1.94 bits per heavy atom. The lowest BCUT2D eigenvalue weighted by atomic mass is 9.67. The lowest BCUT2D eigenvalue weighted by Crippen LogP contribution is -2.47. The molecule has 1 saturated carbocycles. The number of guanidine groups is 1. The minimum Gasteiger partial charge on any atom is -0.473 e. The lowest BCUT2D eigenvalue weighted by molar-refractivity contribution is 0.0732. The van der Waals surface area contributed by atoms with Crippen molar-refractivity contribution < 1.29 is 9.47 Å². The number of aromatic nitrogens is 1. The minimum atomic E-state index is 0. The van der Waals surface area contributed by atoms with Crippen LogP contribution in [0.25, 0.3) is 0 Å². The van der Waals surface area contributed by atoms with E-state index in [9.17, 15) is 0 Å². The normalized spacial score (nSPS) is 14.8. The highest BCUT2D eigenvalue weighted by molar-refractivity contribution is 14.0. The summed E-state index contributed by atoms with van der Waals surface area (Å²) in [6.07, 6.45) is 6.66. The Morgan fingerprint density at radius 1 is 1.13 bits per heavy atom. The highest BCUT2D eigenvalue weighted by Crippen LogP contribution is 2.43. The molecule has 0 amide bonds. The van der Waals surface area contributed by atoms with Crippen molar-refractivity contribution in [2.45, 2.75) is 45.8 Å². The monoisotopic (exact) mass is 538 g/mol. The number of pyridine rings is 1. The maximum absolute atomic E-state index is 5.97. The second kappa shape index (κ2) is 13.5. The zero-order valence-corrected chi connectivity index (χ0v) is 20.9. The largest absolute Gasteiger partial charge is 0.473 e. The van der Waals surface area contributed by atoms with Gasteiger partial charge in [-0.05, 0) is 43.2 Å². The fourth-order valence-corrected chi connectivity index (χ4v) is 3.69. The first-order valence-electron chi connectivity index (χ1n) is 10.9. The summed E-state index contributed by atoms with van der Waals surface area (Å²) in [6, 6.07) is 14.1. The van der Waals surface area contributed by atoms with Gasteiger partial charge in [0.25, 0.3) is 0 Å². The molecule has 0 aliphatic heterocycles. The molecule has 6 nitrogen and oxygen atoms in total. The summed E-state index contributed by atoms with van der Waals surface area (Å²) < 4.78 is 11.3. The molecule has 0 atom stereocenters. The van der Waals surface area contributed by atoms with Gasteiger partial charge in [-0.1, -0.05) is 42.8 Å². The van der Waals surface area contributed by atoms with Gasteiger partial charge in [-0.15, -0.1) is 24.0 Å². The van der Waals surface area contributed by atoms with E-state index in [-0.39, 0.29) is 24.0 Å². The average Bonchev–Trinajstić information content (AvgIpc) is 2.76. The number of benzene rings is 1. The van der Waals surface area contributed by atoms with Crippen LogP contribution in [0.1, 0.15) is 43.7 Å². The van der Waals surface area contributed by atoms with Crippen LogP contribution in [0.3, 0.4) is 0 Å². The van der Waals surface area contributed by atoms with Crippen molar-refractivity contribution in [3.8, 4) is 5.88 Å². The predicted molar refractivity (Wildman–Crippen MR) is 136 cm³/mol. The van der Waals surface area contributed by atoms with Gasteiger partial charge in [-0.25, -0.2) is 9.98 Å². The number of nitrogens with one attached hydrogen (secondary N) is 2. The molecule has 0 saturated heterocycles. The molecule has 0 radical (unpaired) electrons. The second-order valence-electron chi connectivity index (χ2n) is 7.89. The maximum atomic E-state index is 5.97. The van der Waals surface area contributed by atoms with Crippen LogP contribution in [0, 0.1) is 5.41 Å². The summed E-state index contributed by atoms with van der Waals surface area (Å²) in [7, 11) is 1.77. The molecule has 3 rings (SSSR count). The molecule has 7 heteroatoms. The zero-order valence-electron chi connectivity index (χ0n) is 18.6. The molecule has 31 heavy (non-hydrogen) atoms. The number of rotatable bonds is 11. The number of hydrogen-bond acceptors (Lipinski definition) is 4. The third-order valence-electron chi connectivity index (χ3n) is 5.70. The molecule has 0 spiro atoms. The molecular weight excluding hydrogens is 503 g/mol. The fraction of sp³-hybridized carbons (Fsp3) is 0.500. The molecule has 1 fully saturated rings. The third-order valence-corrected chi connectivity index (χ3v) is 5.70. The molecule has 1 heterocycles. The predicted octanol–water partition coefficient (Wildman–Crippen LogP) is 4.54. The van der Waals surface area contributed by atoms with Gasteiger partial charge in [-0.3, -0.25) is 0 Å². The van der Waals surface area contributed by atoms with E-state index in [4.69, 9.17) is 14.5 Å². The Morgan fingerprint density at radius 3 is 2.61 bits per heavy atom. The van der Waals surface area contributed by atoms with Crippen molar-refractivity contribution in [2.75, 3.05) is 26.8 Å². The van der Waals surface area contributed by atoms with Gasteiger partial charge in [0.15, 0.2) is 5.96 Å². The van der Waals surface area contributed by atoms with Crippen molar-refractivity contribution in [1.29, 1.82) is 0 Å². The molecule has 0 bridgehead atoms. The second-order valence-corrected chi connectivity index (χ2v) is 7.89. The topological polar surface area (TPSA) is 67.8 Å². The third kappa shape index (κ3) is 7.96. The van der Waals surface area contributed by atoms with E-state index in [0.29, 0.717) is 24.4 Å². The van der Waals surface area contributed by atoms with Gasteiger partial charge in [0.2, 0.25) is 5.88 Å². The van der Waals surface area contributed by atoms with Gasteiger partial charge in [0, 0.05) is 38.6 Å². The van der Waals surface area contributed by atoms with E-state index in [0.717, 1.165) is 43.2 Å². The standard InChI is InChI=1S/C24H34N4O2.HI/c1-3-25-23(28-19-24(12-8-13-24)14-16-29-2)27-17-21-11-7-15-26-22(21)30-18-20-9-5-4-6-10-20;/h4-7,9-11,15H,3,8,12-14,16-19H2,1-2H3,(H2,25,27,28);1H. The molecule has 1 aromatic heterocycles. The van der Waals surface area contributed by atoms with Crippen LogP contribution in [0.4, 0.5) is 0 Å². The average molecular weight is 538 g/mol. The molecule has 1 aliphatic carbocycles. The van der Waals surface area contributed by atoms with Crippen LogP contribution in [-0.2, 0) is 17.9 Å². The van der Waals surface area contributed by atoms with E-state index < -0.39 is 0 Å². The Balaban J connectivity index is 0.00000341. The smallest absolute Gasteiger partial charge is 0.218 e. The van der Waals surface area contributed by atoms with E-state index in [1.807, 2.05) is 42.5 Å². The van der Waals surface area contributed by atoms with Crippen LogP contribution < -0.4 is 15.4 Å². The summed E-state index contributed by atoms with van der Waals surface area (Å²) in [4.78, 5) is 9.20. The Bertz CT molecular complexity index is 797. The van der Waals surface area contributed by atoms with Crippen LogP contribution in [-0.4, -0.2) is 37.7 Å². The molecular formula is C24H35IN4O2. The molecule has 1 aromatic carbocycles. The summed E-state index contributed by atoms with van der Waals surface area (Å²) >= 11 is 0. The number of methoxy groups -OCH3 is 1. The van der Waals surface area contributed by atoms with Crippen molar-refractivity contribution in [1.82, 2.24) is 15.6 Å². The zero-order chi connectivity index (χ0) is 21.1. The lowest BCUT2D eigenvalue weighted by Gasteiger charge is -2.42. The van der Waals surface area contributed by atoms with E-state index in [1.165, 1.54) is 19.3 Å². The SMILES string of the molecule is CCNC(=NCc1cccnc1OCc1ccccc1)NCC1(CCOC)CCC1.I. The molecule has 2 N–H and O–H groups in total. The Kier molecular flexibility index (Phi) is 11.1. The van der Waals surface area contributed by atoms with E-state index in [1.54, 1.807) is 13.3 Å². The number of nitrogens with zero attached hydrogens (tertiary/aromatic N) is 2. The minimum absolute atomic E-state index is 0. The first kappa shape index (κ1) is 25.4. The van der Waals surface area contributed by atoms with Crippen LogP contribution in [0.15, 0.2) is 53.7 Å². The maximum Gasteiger partial charge on any atom is 0.218 e. The fourth-order valence-electron chi connectivity index (χ4n) is 3.69. The summed E-state index contributed by atoms with van der Waals surface area (Å²) in [5.41, 5.74) is 2.43. The van der Waals surface area contributed by atoms with Gasteiger partial charge in [0.1, 0.15) is 6.61 Å². The van der Waals surface area contributed by atoms with Crippen molar-refractivity contribution in [2.24, 2.45) is 10.4 Å². The van der Waals surface area contributed by atoms with Crippen molar-refractivity contribution in [3.05, 3.63) is 59.8 Å². The quantitative estimate of drug-likeness (QED) is 0.250. The Hall–Kier alpha value is -1.87. The summed E-state index contributed by atoms with van der Waals surface area (Å²) in [5, 5.41) is 6.90. The first-order valence-corrected chi connectivity index (χ1v) is 10.9. The van der Waals surface area contributed by atoms with Crippen molar-refractivity contribution in [3.63, 3.8) is 0 Å². The van der Waals surface area contributed by atoms with Gasteiger partial charge >= 0.3 is 0 Å². The Labute approximate surface area is 203 Å². The highest BCUT2D eigenvalue weighted by atomic mass is 127. The molecule has 0 unspecified atom stereocenters. The summed E-state index contributed by atoms with van der Waals surface area (Å²) in [5.74, 6) is 1.47. The van der Waals surface area contributed by atoms with Crippen molar-refractivity contribution >= 4 is 29.9 Å². The molecule has 170 valence electrons. The van der Waals surface area contributed by atoms with E-state index in [2.05, 4.69) is 22.5 Å². The van der Waals surface area contributed by atoms with Gasteiger partial charge < -0.3 is 20.1 Å². The number of ether oxygens (including phenoxy) is 2. The molecule has 2 aromatic rings. The van der Waals surface area contributed by atoms with Gasteiger partial charge in [0.05, 0.1) is 6.54 Å². The van der Waals surface area contributed by atoms with Crippen LogP contribution in [0.2, 0.25) is 0 Å². The summed E-state index contributed by atoms with van der Waals surface area (Å²) in [6.45, 7) is 5.65. The number of hydrogen-bond donors (Lipinski definition) is 2. The van der Waals surface area contributed by atoms with E-state index >= 15 is 0 Å². The van der Waals surface area contributed by atoms with Crippen LogP contribution in [0.5, 0.6) is 5.88 Å². The number of halogens is 1. The van der Waals surface area contributed by atoms with Crippen LogP contribution >= 0.6 is 24.0 Å². The van der Waals surface area contributed by atoms with Gasteiger partial charge in [-0.2, -0.15) is 0 Å².